The molecule has 2 heterocycles. The number of rotatable bonds is 8. The highest BCUT2D eigenvalue weighted by Gasteiger charge is 2.29. The Hall–Kier alpha value is -1.89. The maximum Gasteiger partial charge on any atom is 0.127 e. The third kappa shape index (κ3) is 5.23. The first-order valence-corrected chi connectivity index (χ1v) is 11.5. The van der Waals surface area contributed by atoms with Gasteiger partial charge < -0.3 is 14.4 Å². The van der Waals surface area contributed by atoms with Gasteiger partial charge in [0.25, 0.3) is 0 Å². The fraction of sp³-hybridized carbons (Fsp3) is 0.625. The summed E-state index contributed by atoms with van der Waals surface area (Å²) in [7, 11) is 1.69. The Morgan fingerprint density at radius 2 is 1.90 bits per heavy atom. The summed E-state index contributed by atoms with van der Waals surface area (Å²) in [4.78, 5) is 9.79. The third-order valence-corrected chi connectivity index (χ3v) is 6.80. The minimum Gasteiger partial charge on any atom is -0.497 e. The molecule has 0 unspecified atom stereocenters. The molecule has 30 heavy (non-hydrogen) atoms. The molecule has 164 valence electrons. The van der Waals surface area contributed by atoms with Gasteiger partial charge in [-0.05, 0) is 49.4 Å². The van der Waals surface area contributed by atoms with Gasteiger partial charge in [0.2, 0.25) is 0 Å². The second-order valence-corrected chi connectivity index (χ2v) is 8.81. The molecule has 1 aromatic carbocycles. The van der Waals surface area contributed by atoms with Crippen LogP contribution < -0.4 is 4.74 Å². The Balaban J connectivity index is 1.39. The number of hydrogen-bond donors (Lipinski definition) is 1. The molecule has 0 bridgehead atoms. The number of aliphatic hydroxyl groups is 1. The van der Waals surface area contributed by atoms with Crippen molar-refractivity contribution in [3.63, 3.8) is 0 Å². The van der Waals surface area contributed by atoms with Crippen molar-refractivity contribution in [1.29, 1.82) is 0 Å². The Labute approximate surface area is 180 Å². The lowest BCUT2D eigenvalue weighted by Gasteiger charge is -2.43. The van der Waals surface area contributed by atoms with Crippen molar-refractivity contribution in [2.75, 3.05) is 39.9 Å². The zero-order chi connectivity index (χ0) is 20.8. The predicted molar refractivity (Wildman–Crippen MR) is 119 cm³/mol. The van der Waals surface area contributed by atoms with Gasteiger partial charge in [-0.3, -0.25) is 9.80 Å². The SMILES string of the molecule is COc1ccc(-n2ccnc2CN2CCN(CC3CCCCC3)[C@H](CCO)C2)cc1. The number of methoxy groups -OCH3 is 1. The number of hydrogen-bond acceptors (Lipinski definition) is 5. The highest BCUT2D eigenvalue weighted by molar-refractivity contribution is 5.38. The van der Waals surface area contributed by atoms with E-state index in [0.29, 0.717) is 6.04 Å². The van der Waals surface area contributed by atoms with E-state index in [1.807, 2.05) is 24.5 Å². The standard InChI is InChI=1S/C24H36N4O2/c1-30-23-9-7-21(8-10-23)28-13-12-25-24(28)19-26-14-15-27(22(18-26)11-16-29)17-20-5-3-2-4-6-20/h7-10,12-13,20,22,29H,2-6,11,14-19H2,1H3/t22-/m1/s1. The molecule has 1 aliphatic heterocycles. The van der Waals surface area contributed by atoms with Gasteiger partial charge in [0.15, 0.2) is 0 Å². The molecule has 0 amide bonds. The minimum absolute atomic E-state index is 0.264. The monoisotopic (exact) mass is 412 g/mol. The second kappa shape index (κ2) is 10.4. The Bertz CT molecular complexity index is 770. The summed E-state index contributed by atoms with van der Waals surface area (Å²) in [6.07, 6.45) is 11.7. The van der Waals surface area contributed by atoms with Crippen LogP contribution >= 0.6 is 0 Å². The number of nitrogens with zero attached hydrogens (tertiary/aromatic N) is 4. The first kappa shape index (κ1) is 21.3. The first-order chi connectivity index (χ1) is 14.8. The lowest BCUT2D eigenvalue weighted by molar-refractivity contribution is 0.0388. The van der Waals surface area contributed by atoms with Gasteiger partial charge in [0.1, 0.15) is 11.6 Å². The van der Waals surface area contributed by atoms with Crippen LogP contribution in [0.1, 0.15) is 44.3 Å². The van der Waals surface area contributed by atoms with E-state index in [4.69, 9.17) is 4.74 Å². The quantitative estimate of drug-likeness (QED) is 0.721. The number of benzene rings is 1. The van der Waals surface area contributed by atoms with Gasteiger partial charge in [-0.2, -0.15) is 0 Å². The normalized spacial score (nSPS) is 21.7. The molecule has 6 nitrogen and oxygen atoms in total. The van der Waals surface area contributed by atoms with Crippen LogP contribution in [0.2, 0.25) is 0 Å². The maximum atomic E-state index is 9.65. The predicted octanol–water partition coefficient (Wildman–Crippen LogP) is 3.33. The number of aliphatic hydroxyl groups excluding tert-OH is 1. The second-order valence-electron chi connectivity index (χ2n) is 8.81. The average molecular weight is 413 g/mol. The van der Waals surface area contributed by atoms with Gasteiger partial charge in [-0.1, -0.05) is 19.3 Å². The first-order valence-electron chi connectivity index (χ1n) is 11.5. The van der Waals surface area contributed by atoms with Crippen molar-refractivity contribution in [3.05, 3.63) is 42.5 Å². The van der Waals surface area contributed by atoms with Crippen molar-refractivity contribution < 1.29 is 9.84 Å². The van der Waals surface area contributed by atoms with Crippen LogP contribution in [0.4, 0.5) is 0 Å². The average Bonchev–Trinajstić information content (AvgIpc) is 3.24. The van der Waals surface area contributed by atoms with Crippen molar-refractivity contribution >= 4 is 0 Å². The summed E-state index contributed by atoms with van der Waals surface area (Å²) in [6.45, 7) is 5.45. The molecule has 0 spiro atoms. The Morgan fingerprint density at radius 1 is 1.10 bits per heavy atom. The molecule has 1 aliphatic carbocycles. The summed E-state index contributed by atoms with van der Waals surface area (Å²) in [6, 6.07) is 8.55. The van der Waals surface area contributed by atoms with Crippen LogP contribution in [0.15, 0.2) is 36.7 Å². The lowest BCUT2D eigenvalue weighted by atomic mass is 9.88. The van der Waals surface area contributed by atoms with Crippen LogP contribution in [0.3, 0.4) is 0 Å². The third-order valence-electron chi connectivity index (χ3n) is 6.80. The van der Waals surface area contributed by atoms with Gasteiger partial charge in [0.05, 0.1) is 13.7 Å². The van der Waals surface area contributed by atoms with Gasteiger partial charge in [0, 0.05) is 56.9 Å². The van der Waals surface area contributed by atoms with Crippen molar-refractivity contribution in [2.45, 2.75) is 51.1 Å². The zero-order valence-electron chi connectivity index (χ0n) is 18.2. The fourth-order valence-electron chi connectivity index (χ4n) is 5.09. The molecule has 1 atom stereocenters. The number of piperazine rings is 1. The van der Waals surface area contributed by atoms with Crippen LogP contribution in [0, 0.1) is 5.92 Å². The summed E-state index contributed by atoms with van der Waals surface area (Å²) < 4.78 is 7.44. The van der Waals surface area contributed by atoms with E-state index in [-0.39, 0.29) is 6.61 Å². The topological polar surface area (TPSA) is 53.8 Å². The molecular weight excluding hydrogens is 376 g/mol. The number of imidazole rings is 1. The zero-order valence-corrected chi connectivity index (χ0v) is 18.2. The lowest BCUT2D eigenvalue weighted by Crippen LogP contribution is -2.54. The molecule has 4 rings (SSSR count). The van der Waals surface area contributed by atoms with E-state index >= 15 is 0 Å². The van der Waals surface area contributed by atoms with E-state index in [9.17, 15) is 5.11 Å². The van der Waals surface area contributed by atoms with Gasteiger partial charge in [-0.15, -0.1) is 0 Å². The van der Waals surface area contributed by atoms with E-state index in [0.717, 1.165) is 55.8 Å². The minimum atomic E-state index is 0.264. The molecule has 2 aliphatic rings. The highest BCUT2D eigenvalue weighted by Crippen LogP contribution is 2.27. The molecule has 1 saturated heterocycles. The Morgan fingerprint density at radius 3 is 2.63 bits per heavy atom. The molecule has 2 fully saturated rings. The van der Waals surface area contributed by atoms with Crippen LogP contribution in [0.5, 0.6) is 5.75 Å². The molecule has 1 saturated carbocycles. The molecule has 6 heteroatoms. The van der Waals surface area contributed by atoms with Crippen LogP contribution in [0.25, 0.3) is 5.69 Å². The molecular formula is C24H36N4O2. The summed E-state index contributed by atoms with van der Waals surface area (Å²) >= 11 is 0. The van der Waals surface area contributed by atoms with Gasteiger partial charge in [-0.25, -0.2) is 4.98 Å². The molecule has 1 aromatic heterocycles. The summed E-state index contributed by atoms with van der Waals surface area (Å²) in [5, 5.41) is 9.65. The number of ether oxygens (including phenoxy) is 1. The molecule has 1 N–H and O–H groups in total. The van der Waals surface area contributed by atoms with Crippen molar-refractivity contribution in [2.24, 2.45) is 5.92 Å². The van der Waals surface area contributed by atoms with Crippen LogP contribution in [-0.4, -0.2) is 70.4 Å². The van der Waals surface area contributed by atoms with Crippen molar-refractivity contribution in [1.82, 2.24) is 19.4 Å². The van der Waals surface area contributed by atoms with E-state index in [2.05, 4.69) is 31.5 Å². The largest absolute Gasteiger partial charge is 0.497 e. The van der Waals surface area contributed by atoms with E-state index in [1.54, 1.807) is 7.11 Å². The Kier molecular flexibility index (Phi) is 7.42. The van der Waals surface area contributed by atoms with Crippen molar-refractivity contribution in [3.8, 4) is 11.4 Å². The number of aromatic nitrogens is 2. The fourth-order valence-corrected chi connectivity index (χ4v) is 5.09. The highest BCUT2D eigenvalue weighted by atomic mass is 16.5. The summed E-state index contributed by atoms with van der Waals surface area (Å²) in [5.74, 6) is 2.77. The van der Waals surface area contributed by atoms with Gasteiger partial charge >= 0.3 is 0 Å². The van der Waals surface area contributed by atoms with E-state index < -0.39 is 0 Å². The van der Waals surface area contributed by atoms with E-state index in [1.165, 1.54) is 38.6 Å². The smallest absolute Gasteiger partial charge is 0.127 e. The van der Waals surface area contributed by atoms with Crippen LogP contribution in [-0.2, 0) is 6.54 Å². The maximum absolute atomic E-state index is 9.65. The summed E-state index contributed by atoms with van der Waals surface area (Å²) in [5.41, 5.74) is 1.10. The molecule has 0 radical (unpaired) electrons. The molecule has 2 aromatic rings.